The zero-order chi connectivity index (χ0) is 15.7. The van der Waals surface area contributed by atoms with Crippen LogP contribution in [0.2, 0.25) is 0 Å². The first kappa shape index (κ1) is 16.8. The Balaban J connectivity index is 2.54. The molecule has 6 nitrogen and oxygen atoms in total. The number of nitro benzene ring substituents is 1. The lowest BCUT2D eigenvalue weighted by molar-refractivity contribution is -0.384. The average Bonchev–Trinajstić information content (AvgIpc) is 2.49. The van der Waals surface area contributed by atoms with E-state index in [4.69, 9.17) is 0 Å². The summed E-state index contributed by atoms with van der Waals surface area (Å²) in [4.78, 5) is 21.8. The van der Waals surface area contributed by atoms with Crippen LogP contribution in [0.15, 0.2) is 29.4 Å². The monoisotopic (exact) mass is 291 g/mol. The smallest absolute Gasteiger partial charge is 0.270 e. The summed E-state index contributed by atoms with van der Waals surface area (Å²) >= 11 is 0. The molecule has 0 aliphatic rings. The number of nitrogens with zero attached hydrogens (tertiary/aromatic N) is 2. The van der Waals surface area contributed by atoms with E-state index in [9.17, 15) is 14.9 Å². The number of amides is 1. The highest BCUT2D eigenvalue weighted by Gasteiger charge is 2.07. The summed E-state index contributed by atoms with van der Waals surface area (Å²) in [5.41, 5.74) is 3.66. The van der Waals surface area contributed by atoms with Gasteiger partial charge in [0, 0.05) is 24.1 Å². The fourth-order valence-electron chi connectivity index (χ4n) is 1.82. The highest BCUT2D eigenvalue weighted by atomic mass is 16.6. The van der Waals surface area contributed by atoms with Crippen molar-refractivity contribution in [1.82, 2.24) is 5.43 Å². The molecular weight excluding hydrogens is 270 g/mol. The zero-order valence-corrected chi connectivity index (χ0v) is 12.5. The average molecular weight is 291 g/mol. The van der Waals surface area contributed by atoms with Gasteiger partial charge in [-0.3, -0.25) is 14.9 Å². The third kappa shape index (κ3) is 6.16. The second-order valence-corrected chi connectivity index (χ2v) is 4.85. The number of rotatable bonds is 8. The molecule has 0 bridgehead atoms. The van der Waals surface area contributed by atoms with Crippen molar-refractivity contribution in [1.29, 1.82) is 0 Å². The van der Waals surface area contributed by atoms with Gasteiger partial charge >= 0.3 is 0 Å². The largest absolute Gasteiger partial charge is 0.273 e. The van der Waals surface area contributed by atoms with E-state index in [2.05, 4.69) is 17.5 Å². The molecule has 0 saturated carbocycles. The number of unbranched alkanes of at least 4 members (excludes halogenated alkanes) is 3. The van der Waals surface area contributed by atoms with Crippen LogP contribution in [0.5, 0.6) is 0 Å². The fourth-order valence-corrected chi connectivity index (χ4v) is 1.82. The van der Waals surface area contributed by atoms with Crippen molar-refractivity contribution in [2.45, 2.75) is 46.0 Å². The molecule has 1 aromatic carbocycles. The number of hydrazone groups is 1. The summed E-state index contributed by atoms with van der Waals surface area (Å²) in [6.07, 6.45) is 4.60. The van der Waals surface area contributed by atoms with E-state index in [0.29, 0.717) is 17.7 Å². The van der Waals surface area contributed by atoms with Crippen LogP contribution < -0.4 is 5.43 Å². The number of benzene rings is 1. The number of carbonyl (C=O) groups excluding carboxylic acids is 1. The molecule has 21 heavy (non-hydrogen) atoms. The van der Waals surface area contributed by atoms with Crippen LogP contribution in [0.4, 0.5) is 5.69 Å². The van der Waals surface area contributed by atoms with Crippen LogP contribution in [0.3, 0.4) is 0 Å². The highest BCUT2D eigenvalue weighted by molar-refractivity contribution is 5.99. The maximum atomic E-state index is 11.6. The van der Waals surface area contributed by atoms with Crippen LogP contribution in [0.1, 0.15) is 51.5 Å². The summed E-state index contributed by atoms with van der Waals surface area (Å²) in [7, 11) is 0. The van der Waals surface area contributed by atoms with Gasteiger partial charge < -0.3 is 0 Å². The molecule has 0 spiro atoms. The lowest BCUT2D eigenvalue weighted by atomic mass is 10.1. The van der Waals surface area contributed by atoms with Gasteiger partial charge in [0.15, 0.2) is 0 Å². The topological polar surface area (TPSA) is 84.6 Å². The van der Waals surface area contributed by atoms with Crippen molar-refractivity contribution in [3.63, 3.8) is 0 Å². The standard InChI is InChI=1S/C15H21N3O3/c1-3-4-5-6-10-15(19)17-16-12(2)13-8-7-9-14(11-13)18(20)21/h7-9,11H,3-6,10H2,1-2H3,(H,17,19). The Morgan fingerprint density at radius 2 is 2.10 bits per heavy atom. The second kappa shape index (κ2) is 8.84. The van der Waals surface area contributed by atoms with Crippen LogP contribution in [-0.2, 0) is 4.79 Å². The van der Waals surface area contributed by atoms with Crippen LogP contribution >= 0.6 is 0 Å². The molecule has 0 aliphatic carbocycles. The molecule has 1 N–H and O–H groups in total. The Kier molecular flexibility index (Phi) is 7.08. The molecule has 0 fully saturated rings. The Morgan fingerprint density at radius 1 is 1.33 bits per heavy atom. The maximum absolute atomic E-state index is 11.6. The predicted molar refractivity (Wildman–Crippen MR) is 82.2 cm³/mol. The molecule has 0 saturated heterocycles. The predicted octanol–water partition coefficient (Wildman–Crippen LogP) is 3.41. The van der Waals surface area contributed by atoms with Gasteiger partial charge in [-0.2, -0.15) is 5.10 Å². The van der Waals surface area contributed by atoms with Crippen LogP contribution in [0.25, 0.3) is 0 Å². The Bertz CT molecular complexity index is 527. The van der Waals surface area contributed by atoms with Gasteiger partial charge in [-0.25, -0.2) is 5.43 Å². The maximum Gasteiger partial charge on any atom is 0.270 e. The van der Waals surface area contributed by atoms with Crippen LogP contribution in [0, 0.1) is 10.1 Å². The summed E-state index contributed by atoms with van der Waals surface area (Å²) in [6, 6.07) is 6.17. The molecule has 0 radical (unpaired) electrons. The summed E-state index contributed by atoms with van der Waals surface area (Å²) in [5.74, 6) is -0.129. The van der Waals surface area contributed by atoms with E-state index >= 15 is 0 Å². The molecule has 0 aromatic heterocycles. The number of non-ortho nitro benzene ring substituents is 1. The van der Waals surface area contributed by atoms with Gasteiger partial charge in [-0.05, 0) is 13.3 Å². The SMILES string of the molecule is CCCCCCC(=O)NN=C(C)c1cccc([N+](=O)[O-])c1. The van der Waals surface area contributed by atoms with Gasteiger partial charge in [0.05, 0.1) is 10.6 Å². The van der Waals surface area contributed by atoms with Gasteiger partial charge in [-0.1, -0.05) is 38.3 Å². The lowest BCUT2D eigenvalue weighted by Gasteiger charge is -2.03. The van der Waals surface area contributed by atoms with E-state index in [-0.39, 0.29) is 11.6 Å². The Labute approximate surface area is 124 Å². The number of carbonyl (C=O) groups is 1. The molecular formula is C15H21N3O3. The van der Waals surface area contributed by atoms with Crippen molar-refractivity contribution < 1.29 is 9.72 Å². The van der Waals surface area contributed by atoms with Crippen molar-refractivity contribution in [2.75, 3.05) is 0 Å². The van der Waals surface area contributed by atoms with Crippen LogP contribution in [-0.4, -0.2) is 16.5 Å². The molecule has 114 valence electrons. The van der Waals surface area contributed by atoms with E-state index in [1.54, 1.807) is 19.1 Å². The first-order valence-corrected chi connectivity index (χ1v) is 7.12. The van der Waals surface area contributed by atoms with Crippen molar-refractivity contribution >= 4 is 17.3 Å². The summed E-state index contributed by atoms with van der Waals surface area (Å²) in [6.45, 7) is 3.82. The lowest BCUT2D eigenvalue weighted by Crippen LogP contribution is -2.18. The molecule has 0 atom stereocenters. The number of hydrogen-bond acceptors (Lipinski definition) is 4. The number of nitro groups is 1. The molecule has 0 unspecified atom stereocenters. The molecule has 1 amide bonds. The minimum Gasteiger partial charge on any atom is -0.273 e. The third-order valence-corrected chi connectivity index (χ3v) is 3.08. The number of nitrogens with one attached hydrogen (secondary N) is 1. The summed E-state index contributed by atoms with van der Waals surface area (Å²) < 4.78 is 0. The number of hydrogen-bond donors (Lipinski definition) is 1. The molecule has 6 heteroatoms. The first-order chi connectivity index (χ1) is 10.0. The van der Waals surface area contributed by atoms with E-state index in [1.165, 1.54) is 12.1 Å². The van der Waals surface area contributed by atoms with Gasteiger partial charge in [0.1, 0.15) is 0 Å². The quantitative estimate of drug-likeness (QED) is 0.345. The Morgan fingerprint density at radius 3 is 2.76 bits per heavy atom. The second-order valence-electron chi connectivity index (χ2n) is 4.85. The van der Waals surface area contributed by atoms with Crippen molar-refractivity contribution in [3.8, 4) is 0 Å². The normalized spacial score (nSPS) is 11.2. The van der Waals surface area contributed by atoms with Gasteiger partial charge in [-0.15, -0.1) is 0 Å². The zero-order valence-electron chi connectivity index (χ0n) is 12.5. The molecule has 1 aromatic rings. The van der Waals surface area contributed by atoms with Crippen molar-refractivity contribution in [2.24, 2.45) is 5.10 Å². The Hall–Kier alpha value is -2.24. The highest BCUT2D eigenvalue weighted by Crippen LogP contribution is 2.13. The third-order valence-electron chi connectivity index (χ3n) is 3.08. The van der Waals surface area contributed by atoms with E-state index in [1.807, 2.05) is 0 Å². The van der Waals surface area contributed by atoms with Gasteiger partial charge in [0.25, 0.3) is 5.69 Å². The molecule has 1 rings (SSSR count). The molecule has 0 aliphatic heterocycles. The van der Waals surface area contributed by atoms with Crippen molar-refractivity contribution in [3.05, 3.63) is 39.9 Å². The van der Waals surface area contributed by atoms with Gasteiger partial charge in [0.2, 0.25) is 5.91 Å². The minimum atomic E-state index is -0.455. The molecule has 0 heterocycles. The minimum absolute atomic E-state index is 0.00735. The van der Waals surface area contributed by atoms with E-state index < -0.39 is 4.92 Å². The van der Waals surface area contributed by atoms with E-state index in [0.717, 1.165) is 25.7 Å². The first-order valence-electron chi connectivity index (χ1n) is 7.12. The fraction of sp³-hybridized carbons (Fsp3) is 0.467. The summed E-state index contributed by atoms with van der Waals surface area (Å²) in [5, 5.41) is 14.7.